The van der Waals surface area contributed by atoms with Crippen LogP contribution < -0.4 is 0 Å². The Morgan fingerprint density at radius 2 is 1.27 bits per heavy atom. The number of aliphatic carboxylic acids is 1. The Morgan fingerprint density at radius 3 is 1.89 bits per heavy atom. The van der Waals surface area contributed by atoms with Gasteiger partial charge in [-0.1, -0.05) is 0 Å². The van der Waals surface area contributed by atoms with Gasteiger partial charge in [0.15, 0.2) is 25.0 Å². The van der Waals surface area contributed by atoms with E-state index in [1.54, 1.807) is 0 Å². The maximum atomic E-state index is 11.4. The highest BCUT2D eigenvalue weighted by Gasteiger charge is 2.52. The van der Waals surface area contributed by atoms with E-state index < -0.39 is 136 Å². The molecule has 0 amide bonds. The van der Waals surface area contributed by atoms with Crippen LogP contribution in [-0.4, -0.2) is 206 Å². The number of carboxylic acids is 1. The third kappa shape index (κ3) is 7.58. The molecule has 4 aliphatic heterocycles. The van der Waals surface area contributed by atoms with E-state index in [1.165, 1.54) is 14.0 Å². The van der Waals surface area contributed by atoms with E-state index in [0.717, 1.165) is 0 Å². The van der Waals surface area contributed by atoms with Crippen molar-refractivity contribution in [2.75, 3.05) is 26.9 Å². The third-order valence-electron chi connectivity index (χ3n) is 8.31. The van der Waals surface area contributed by atoms with Crippen LogP contribution in [0, 0.1) is 0 Å². The Hall–Kier alpha value is -1.25. The second kappa shape index (κ2) is 15.3. The summed E-state index contributed by atoms with van der Waals surface area (Å²) in [5, 5.41) is 112. The van der Waals surface area contributed by atoms with E-state index in [9.17, 15) is 61.0 Å². The topological polar surface area (TPSA) is 313 Å². The summed E-state index contributed by atoms with van der Waals surface area (Å²) in [4.78, 5) is 11.4. The Balaban J connectivity index is 1.45. The van der Waals surface area contributed by atoms with Gasteiger partial charge in [-0.2, -0.15) is 0 Å². The lowest BCUT2D eigenvalue weighted by molar-refractivity contribution is -0.365. The van der Waals surface area contributed by atoms with Crippen molar-refractivity contribution in [3.63, 3.8) is 0 Å². The van der Waals surface area contributed by atoms with Gasteiger partial charge in [0.2, 0.25) is 0 Å². The molecule has 0 saturated carbocycles. The fourth-order valence-corrected chi connectivity index (χ4v) is 5.54. The van der Waals surface area contributed by atoms with E-state index in [1.807, 2.05) is 0 Å². The van der Waals surface area contributed by atoms with Gasteiger partial charge in [-0.05, 0) is 6.92 Å². The minimum Gasteiger partial charge on any atom is -0.479 e. The second-order valence-electron chi connectivity index (χ2n) is 11.3. The lowest BCUT2D eigenvalue weighted by Gasteiger charge is -2.47. The monoisotopic (exact) mass is 662 g/mol. The van der Waals surface area contributed by atoms with Crippen molar-refractivity contribution >= 4 is 5.97 Å². The van der Waals surface area contributed by atoms with Crippen molar-refractivity contribution in [3.8, 4) is 0 Å². The van der Waals surface area contributed by atoms with Gasteiger partial charge < -0.3 is 94.1 Å². The van der Waals surface area contributed by atoms with Crippen molar-refractivity contribution in [2.24, 2.45) is 0 Å². The molecule has 0 radical (unpaired) electrons. The first kappa shape index (κ1) is 36.6. The summed E-state index contributed by atoms with van der Waals surface area (Å²) in [6, 6.07) is 0. The highest BCUT2D eigenvalue weighted by Crippen LogP contribution is 2.32. The van der Waals surface area contributed by atoms with Crippen LogP contribution in [0.15, 0.2) is 0 Å². The normalized spacial score (nSPS) is 51.2. The van der Waals surface area contributed by atoms with Crippen LogP contribution in [0.5, 0.6) is 0 Å². The lowest BCUT2D eigenvalue weighted by atomic mass is 9.97. The fourth-order valence-electron chi connectivity index (χ4n) is 5.54. The number of hydrogen-bond donors (Lipinski definition) is 11. The van der Waals surface area contributed by atoms with Gasteiger partial charge in [-0.25, -0.2) is 4.79 Å². The molecule has 0 aromatic carbocycles. The molecular weight excluding hydrogens is 620 g/mol. The van der Waals surface area contributed by atoms with Crippen molar-refractivity contribution in [1.29, 1.82) is 0 Å². The predicted octanol–water partition coefficient (Wildman–Crippen LogP) is -7.29. The zero-order chi connectivity index (χ0) is 33.3. The molecule has 11 N–H and O–H groups in total. The van der Waals surface area contributed by atoms with E-state index in [4.69, 9.17) is 37.9 Å². The average molecular weight is 663 g/mol. The van der Waals surface area contributed by atoms with E-state index in [-0.39, 0.29) is 6.61 Å². The smallest absolute Gasteiger partial charge is 0.335 e. The maximum absolute atomic E-state index is 11.4. The largest absolute Gasteiger partial charge is 0.479 e. The second-order valence-corrected chi connectivity index (χ2v) is 11.3. The molecule has 12 unspecified atom stereocenters. The van der Waals surface area contributed by atoms with Crippen LogP contribution in [-0.2, 0) is 42.7 Å². The molecule has 19 atom stereocenters. The summed E-state index contributed by atoms with van der Waals surface area (Å²) < 4.78 is 43.7. The van der Waals surface area contributed by atoms with Crippen molar-refractivity contribution in [3.05, 3.63) is 0 Å². The number of carboxylic acid groups (broad SMARTS) is 1. The van der Waals surface area contributed by atoms with E-state index in [0.29, 0.717) is 0 Å². The molecule has 0 bridgehead atoms. The fraction of sp³-hybridized carbons (Fsp3) is 0.960. The first-order chi connectivity index (χ1) is 21.2. The van der Waals surface area contributed by atoms with Gasteiger partial charge >= 0.3 is 5.97 Å². The van der Waals surface area contributed by atoms with Gasteiger partial charge in [-0.3, -0.25) is 0 Å². The zero-order valence-electron chi connectivity index (χ0n) is 24.2. The molecule has 0 spiro atoms. The quantitative estimate of drug-likeness (QED) is 0.103. The molecule has 4 rings (SSSR count). The van der Waals surface area contributed by atoms with Crippen molar-refractivity contribution < 1.29 is 98.9 Å². The van der Waals surface area contributed by atoms with Crippen molar-refractivity contribution in [2.45, 2.75) is 123 Å². The summed E-state index contributed by atoms with van der Waals surface area (Å²) in [6.45, 7) is -0.108. The molecule has 4 saturated heterocycles. The molecule has 20 heteroatoms. The first-order valence-corrected chi connectivity index (χ1v) is 14.2. The van der Waals surface area contributed by atoms with Crippen LogP contribution in [0.2, 0.25) is 0 Å². The Kier molecular flexibility index (Phi) is 12.5. The van der Waals surface area contributed by atoms with Crippen LogP contribution >= 0.6 is 0 Å². The summed E-state index contributed by atoms with van der Waals surface area (Å²) in [7, 11) is 1.24. The number of methoxy groups -OCH3 is 1. The van der Waals surface area contributed by atoms with Gasteiger partial charge in [0.05, 0.1) is 25.9 Å². The van der Waals surface area contributed by atoms with Gasteiger partial charge in [0.1, 0.15) is 85.5 Å². The Morgan fingerprint density at radius 1 is 0.689 bits per heavy atom. The number of ether oxygens (including phenoxy) is 8. The van der Waals surface area contributed by atoms with Gasteiger partial charge in [0, 0.05) is 7.11 Å². The molecule has 0 aromatic rings. The molecule has 4 aliphatic rings. The molecule has 262 valence electrons. The van der Waals surface area contributed by atoms with Gasteiger partial charge in [0.25, 0.3) is 0 Å². The first-order valence-electron chi connectivity index (χ1n) is 14.2. The number of rotatable bonds is 10. The highest BCUT2D eigenvalue weighted by molar-refractivity contribution is 5.73. The SMILES string of the molecule is CO[C@@H]1C(CO)O[C@@H](OC2C(O[C@H]3OC(CO[C@H]4OC(C(=O)O)[C@@H](O)C(O)C4O)[C@@H](O)C(O)C3O)COC(C)[C@@H]2O)C(O)C1O. The molecule has 0 aromatic heterocycles. The number of aliphatic hydroxyl groups excluding tert-OH is 10. The van der Waals surface area contributed by atoms with Crippen LogP contribution in [0.3, 0.4) is 0 Å². The Bertz CT molecular complexity index is 958. The standard InChI is InChI=1S/C25H42O20/c1-6-10(27)20(44-25-18(35)15(32)19(38-2)7(3-26)41-25)9(5-39-6)43-24-17(34)12(29)11(28)8(42-24)4-40-23-16(33)13(30)14(31)21(45-23)22(36)37/h6-21,23-35H,3-5H2,1-2H3,(H,36,37)/t6?,7?,8?,9?,10-,11+,12?,13?,14-,15?,16?,17?,18?,19+,20?,21?,23-,24+,25-/m0/s1. The maximum Gasteiger partial charge on any atom is 0.335 e. The zero-order valence-corrected chi connectivity index (χ0v) is 24.2. The average Bonchev–Trinajstić information content (AvgIpc) is 3.01. The third-order valence-corrected chi connectivity index (χ3v) is 8.31. The number of hydrogen-bond acceptors (Lipinski definition) is 19. The van der Waals surface area contributed by atoms with E-state index in [2.05, 4.69) is 0 Å². The van der Waals surface area contributed by atoms with Crippen LogP contribution in [0.4, 0.5) is 0 Å². The minimum atomic E-state index is -1.98. The van der Waals surface area contributed by atoms with Crippen molar-refractivity contribution in [1.82, 2.24) is 0 Å². The molecule has 45 heavy (non-hydrogen) atoms. The summed E-state index contributed by atoms with van der Waals surface area (Å²) >= 11 is 0. The summed E-state index contributed by atoms with van der Waals surface area (Å²) in [5.74, 6) is -1.66. The van der Waals surface area contributed by atoms with Crippen LogP contribution in [0.1, 0.15) is 6.92 Å². The van der Waals surface area contributed by atoms with Gasteiger partial charge in [-0.15, -0.1) is 0 Å². The summed E-state index contributed by atoms with van der Waals surface area (Å²) in [6.07, 6.45) is -30.5. The number of aliphatic hydroxyl groups is 10. The highest BCUT2D eigenvalue weighted by atomic mass is 16.8. The Labute approximate surface area is 255 Å². The van der Waals surface area contributed by atoms with Crippen LogP contribution in [0.25, 0.3) is 0 Å². The van der Waals surface area contributed by atoms with E-state index >= 15 is 0 Å². The molecule has 4 heterocycles. The predicted molar refractivity (Wildman–Crippen MR) is 137 cm³/mol. The number of carbonyl (C=O) groups is 1. The molecular formula is C25H42O20. The molecule has 20 nitrogen and oxygen atoms in total. The molecule has 4 fully saturated rings. The molecule has 0 aliphatic carbocycles. The lowest BCUT2D eigenvalue weighted by Crippen LogP contribution is -2.65. The summed E-state index contributed by atoms with van der Waals surface area (Å²) in [5.41, 5.74) is 0. The minimum absolute atomic E-state index is 0.288.